The molecule has 10 N–H and O–H groups in total. The monoisotopic (exact) mass is 173 g/mol. The topological polar surface area (TPSA) is 168 Å². The third-order valence-corrected chi connectivity index (χ3v) is 0. The summed E-state index contributed by atoms with van der Waals surface area (Å²) < 4.78 is 0. The summed E-state index contributed by atoms with van der Waals surface area (Å²) >= 11 is 0. The Morgan fingerprint density at radius 1 is 0.333 bits per heavy atom. The zero-order valence-corrected chi connectivity index (χ0v) is 5.53. The fourth-order valence-electron chi connectivity index (χ4n) is 0. The first-order valence-corrected chi connectivity index (χ1v) is 0. The molecule has 0 amide bonds. The van der Waals surface area contributed by atoms with Crippen LogP contribution in [0.1, 0.15) is 0 Å². The Balaban J connectivity index is 0. The summed E-state index contributed by atoms with van der Waals surface area (Å²) in [6.07, 6.45) is 0. The van der Waals surface area contributed by atoms with Crippen LogP contribution in [0.15, 0.2) is 0 Å². The van der Waals surface area contributed by atoms with Crippen LogP contribution in [0.25, 0.3) is 30.8 Å². The number of rotatable bonds is 0. The fourth-order valence-corrected chi connectivity index (χ4v) is 0. The SMILES string of the molecule is [NH2-].[NH2-].[NH2-].[NH2-].[NH2-].[Nb+5]. The Hall–Kier alpha value is 0.540. The van der Waals surface area contributed by atoms with Gasteiger partial charge in [-0.3, -0.25) is 0 Å². The second-order valence-electron chi connectivity index (χ2n) is 0. The average molecular weight is 173 g/mol. The first-order valence-electron chi connectivity index (χ1n) is 0. The van der Waals surface area contributed by atoms with Crippen molar-refractivity contribution in [2.75, 3.05) is 0 Å². The molecule has 0 aromatic rings. The summed E-state index contributed by atoms with van der Waals surface area (Å²) in [5.74, 6) is 0. The molecule has 0 saturated carbocycles. The van der Waals surface area contributed by atoms with Crippen LogP contribution >= 0.6 is 0 Å². The Labute approximate surface area is 53.7 Å². The molecule has 0 radical (unpaired) electrons. The molecule has 0 fully saturated rings. The molecule has 6 heteroatoms. The van der Waals surface area contributed by atoms with Crippen LogP contribution in [0, 0.1) is 0 Å². The summed E-state index contributed by atoms with van der Waals surface area (Å²) in [6.45, 7) is 0. The maximum Gasteiger partial charge on any atom is 5.00 e. The van der Waals surface area contributed by atoms with Gasteiger partial charge in [0.15, 0.2) is 0 Å². The largest absolute Gasteiger partial charge is 5.00 e. The van der Waals surface area contributed by atoms with E-state index in [1.54, 1.807) is 0 Å². The summed E-state index contributed by atoms with van der Waals surface area (Å²) in [4.78, 5) is 0. The van der Waals surface area contributed by atoms with Gasteiger partial charge in [0, 0.05) is 0 Å². The van der Waals surface area contributed by atoms with Crippen LogP contribution in [0.5, 0.6) is 0 Å². The molecule has 0 aliphatic carbocycles. The number of nitrogens with two attached hydrogens (primary N) is 5. The van der Waals surface area contributed by atoms with E-state index in [1.807, 2.05) is 0 Å². The molecule has 0 heterocycles. The van der Waals surface area contributed by atoms with Gasteiger partial charge in [-0.2, -0.15) is 0 Å². The van der Waals surface area contributed by atoms with E-state index in [-0.39, 0.29) is 53.1 Å². The molecule has 0 aliphatic rings. The van der Waals surface area contributed by atoms with E-state index in [0.717, 1.165) is 0 Å². The predicted octanol–water partition coefficient (Wildman–Crippen LogP) is 3.58. The van der Waals surface area contributed by atoms with E-state index in [0.29, 0.717) is 0 Å². The van der Waals surface area contributed by atoms with Crippen molar-refractivity contribution in [3.05, 3.63) is 30.8 Å². The molecule has 0 atom stereocenters. The normalized spacial score (nSPS) is 0. The zero-order valence-electron chi connectivity index (χ0n) is 3.33. The second-order valence-corrected chi connectivity index (χ2v) is 0. The van der Waals surface area contributed by atoms with E-state index < -0.39 is 0 Å². The quantitative estimate of drug-likeness (QED) is 0.488. The second kappa shape index (κ2) is 391. The minimum atomic E-state index is 0. The van der Waals surface area contributed by atoms with Gasteiger partial charge in [0.1, 0.15) is 0 Å². The first-order chi connectivity index (χ1) is 0. The fraction of sp³-hybridized carbons (Fsp3) is 0. The summed E-state index contributed by atoms with van der Waals surface area (Å²) in [5, 5.41) is 0. The standard InChI is InChI=1S/5H2N.Nb/h5*1H2;/q5*-1;+5. The number of hydrogen-bond acceptors (Lipinski definition) is 0. The molecule has 0 aromatic carbocycles. The van der Waals surface area contributed by atoms with Gasteiger partial charge in [-0.15, -0.1) is 0 Å². The Morgan fingerprint density at radius 2 is 0.333 bits per heavy atom. The number of hydrogen-bond donors (Lipinski definition) is 0. The first kappa shape index (κ1) is 688. The maximum atomic E-state index is 0. The molecule has 0 unspecified atom stereocenters. The van der Waals surface area contributed by atoms with E-state index in [9.17, 15) is 0 Å². The van der Waals surface area contributed by atoms with Crippen LogP contribution in [0.4, 0.5) is 0 Å². The Kier molecular flexibility index (Phi) is 44900. The molecule has 0 saturated heterocycles. The summed E-state index contributed by atoms with van der Waals surface area (Å²) in [6, 6.07) is 0. The van der Waals surface area contributed by atoms with Crippen molar-refractivity contribution in [3.63, 3.8) is 0 Å². The smallest absolute Gasteiger partial charge is 0.693 e. The molecule has 0 rings (SSSR count). The van der Waals surface area contributed by atoms with Crippen molar-refractivity contribution in [3.8, 4) is 0 Å². The van der Waals surface area contributed by atoms with Crippen LogP contribution in [0.3, 0.4) is 0 Å². The van der Waals surface area contributed by atoms with Crippen molar-refractivity contribution >= 4 is 0 Å². The van der Waals surface area contributed by atoms with E-state index in [2.05, 4.69) is 0 Å². The van der Waals surface area contributed by atoms with Gasteiger partial charge < -0.3 is 30.8 Å². The third kappa shape index (κ3) is 195. The van der Waals surface area contributed by atoms with Crippen molar-refractivity contribution in [2.45, 2.75) is 0 Å². The van der Waals surface area contributed by atoms with Gasteiger partial charge in [0.2, 0.25) is 0 Å². The van der Waals surface area contributed by atoms with Gasteiger partial charge in [-0.1, -0.05) is 0 Å². The molecular weight excluding hydrogens is 163 g/mol. The van der Waals surface area contributed by atoms with Gasteiger partial charge in [-0.25, -0.2) is 0 Å². The average Bonchev–Trinajstić information content (AvgIpc) is 0. The molecule has 0 bridgehead atoms. The zero-order chi connectivity index (χ0) is 0. The maximum absolute atomic E-state index is 0. The third-order valence-electron chi connectivity index (χ3n) is 0. The summed E-state index contributed by atoms with van der Waals surface area (Å²) in [5.41, 5.74) is 0. The molecule has 0 spiro atoms. The van der Waals surface area contributed by atoms with Crippen molar-refractivity contribution in [2.24, 2.45) is 0 Å². The van der Waals surface area contributed by atoms with Crippen LogP contribution in [-0.2, 0) is 22.4 Å². The molecular formula is H10N5Nb. The van der Waals surface area contributed by atoms with Crippen molar-refractivity contribution < 1.29 is 22.4 Å². The van der Waals surface area contributed by atoms with Gasteiger partial charge in [0.25, 0.3) is 0 Å². The minimum absolute atomic E-state index is 0. The van der Waals surface area contributed by atoms with Crippen LogP contribution < -0.4 is 0 Å². The molecule has 6 heavy (non-hydrogen) atoms. The molecule has 40 valence electrons. The van der Waals surface area contributed by atoms with E-state index >= 15 is 0 Å². The summed E-state index contributed by atoms with van der Waals surface area (Å²) in [7, 11) is 0. The Morgan fingerprint density at radius 3 is 0.333 bits per heavy atom. The van der Waals surface area contributed by atoms with Crippen LogP contribution in [-0.4, -0.2) is 0 Å². The van der Waals surface area contributed by atoms with Gasteiger partial charge >= 0.3 is 22.4 Å². The molecule has 0 aromatic heterocycles. The van der Waals surface area contributed by atoms with E-state index in [4.69, 9.17) is 0 Å². The minimum Gasteiger partial charge on any atom is -0.693 e. The molecule has 0 aliphatic heterocycles. The Bertz CT molecular complexity index is 3.90. The van der Waals surface area contributed by atoms with Crippen molar-refractivity contribution in [1.82, 2.24) is 0 Å². The van der Waals surface area contributed by atoms with Crippen molar-refractivity contribution in [1.29, 1.82) is 0 Å². The van der Waals surface area contributed by atoms with E-state index in [1.165, 1.54) is 0 Å². The predicted molar refractivity (Wildman–Crippen MR) is 26.4 cm³/mol. The molecule has 5 nitrogen and oxygen atoms in total. The van der Waals surface area contributed by atoms with Gasteiger partial charge in [0.05, 0.1) is 0 Å². The van der Waals surface area contributed by atoms with Gasteiger partial charge in [-0.05, 0) is 0 Å². The van der Waals surface area contributed by atoms with Crippen LogP contribution in [0.2, 0.25) is 0 Å².